The number of hydrogen-bond acceptors (Lipinski definition) is 3. The summed E-state index contributed by atoms with van der Waals surface area (Å²) in [6.07, 6.45) is 5.78. The molecule has 4 nitrogen and oxygen atoms in total. The van der Waals surface area contributed by atoms with Gasteiger partial charge in [-0.3, -0.25) is 10.3 Å². The van der Waals surface area contributed by atoms with Gasteiger partial charge >= 0.3 is 0 Å². The molecule has 0 spiro atoms. The Balaban J connectivity index is 2.16. The monoisotopic (exact) mass is 241 g/mol. The Morgan fingerprint density at radius 3 is 2.47 bits per heavy atom. The minimum Gasteiger partial charge on any atom is -0.395 e. The van der Waals surface area contributed by atoms with Crippen LogP contribution < -0.4 is 5.73 Å². The number of hydrogen-bond donors (Lipinski definition) is 3. The van der Waals surface area contributed by atoms with Crippen molar-refractivity contribution in [2.75, 3.05) is 19.7 Å². The lowest BCUT2D eigenvalue weighted by Crippen LogP contribution is -2.32. The number of unbranched alkanes of at least 4 members (excludes halogenated alkanes) is 1. The third-order valence-electron chi connectivity index (χ3n) is 3.68. The number of nitrogens with zero attached hydrogens (tertiary/aromatic N) is 1. The second-order valence-corrected chi connectivity index (χ2v) is 5.75. The van der Waals surface area contributed by atoms with Crippen LogP contribution in [0.4, 0.5) is 0 Å². The Bertz CT molecular complexity index is 249. The van der Waals surface area contributed by atoms with E-state index >= 15 is 0 Å². The molecule has 1 aliphatic carbocycles. The smallest absolute Gasteiger partial charge is 0.0963 e. The number of nitrogens with one attached hydrogen (secondary N) is 1. The fourth-order valence-corrected chi connectivity index (χ4v) is 2.06. The van der Waals surface area contributed by atoms with E-state index in [0.717, 1.165) is 38.4 Å². The van der Waals surface area contributed by atoms with E-state index < -0.39 is 0 Å². The average Bonchev–Trinajstić information content (AvgIpc) is 3.06. The summed E-state index contributed by atoms with van der Waals surface area (Å²) in [5.41, 5.74) is 5.39. The summed E-state index contributed by atoms with van der Waals surface area (Å²) >= 11 is 0. The molecule has 0 unspecified atom stereocenters. The van der Waals surface area contributed by atoms with Crippen molar-refractivity contribution in [3.63, 3.8) is 0 Å². The lowest BCUT2D eigenvalue weighted by Gasteiger charge is -2.24. The summed E-state index contributed by atoms with van der Waals surface area (Å²) in [6.45, 7) is 6.19. The van der Waals surface area contributed by atoms with Crippen LogP contribution in [-0.2, 0) is 0 Å². The SMILES string of the molecule is CC(C)(CCCCN(CCO)C1CC1)C(=N)N. The second kappa shape index (κ2) is 6.36. The van der Waals surface area contributed by atoms with Crippen molar-refractivity contribution in [2.24, 2.45) is 11.1 Å². The largest absolute Gasteiger partial charge is 0.395 e. The van der Waals surface area contributed by atoms with Gasteiger partial charge in [0.1, 0.15) is 0 Å². The summed E-state index contributed by atoms with van der Waals surface area (Å²) < 4.78 is 0. The molecule has 0 saturated heterocycles. The molecule has 0 heterocycles. The summed E-state index contributed by atoms with van der Waals surface area (Å²) in [4.78, 5) is 2.39. The van der Waals surface area contributed by atoms with Crippen molar-refractivity contribution in [2.45, 2.75) is 52.0 Å². The summed E-state index contributed by atoms with van der Waals surface area (Å²) in [7, 11) is 0. The normalized spacial score (nSPS) is 16.5. The lowest BCUT2D eigenvalue weighted by molar-refractivity contribution is 0.185. The van der Waals surface area contributed by atoms with E-state index in [4.69, 9.17) is 16.2 Å². The topological polar surface area (TPSA) is 73.3 Å². The molecule has 4 N–H and O–H groups in total. The van der Waals surface area contributed by atoms with Crippen LogP contribution in [0.15, 0.2) is 0 Å². The average molecular weight is 241 g/mol. The van der Waals surface area contributed by atoms with Gasteiger partial charge in [-0.25, -0.2) is 0 Å². The molecule has 1 saturated carbocycles. The molecule has 0 bridgehead atoms. The molecule has 0 radical (unpaired) electrons. The first kappa shape index (κ1) is 14.5. The molecule has 0 aromatic heterocycles. The van der Waals surface area contributed by atoms with E-state index in [9.17, 15) is 0 Å². The zero-order chi connectivity index (χ0) is 12.9. The fourth-order valence-electron chi connectivity index (χ4n) is 2.06. The van der Waals surface area contributed by atoms with Gasteiger partial charge in [0.2, 0.25) is 0 Å². The highest BCUT2D eigenvalue weighted by molar-refractivity contribution is 5.82. The maximum atomic E-state index is 8.99. The van der Waals surface area contributed by atoms with Gasteiger partial charge in [0.25, 0.3) is 0 Å². The number of rotatable bonds is 9. The van der Waals surface area contributed by atoms with Gasteiger partial charge in [-0.15, -0.1) is 0 Å². The molecule has 0 aliphatic heterocycles. The Morgan fingerprint density at radius 2 is 2.00 bits per heavy atom. The molecule has 0 aromatic rings. The molecule has 0 atom stereocenters. The first-order chi connectivity index (χ1) is 7.97. The Kier molecular flexibility index (Phi) is 5.40. The van der Waals surface area contributed by atoms with E-state index in [2.05, 4.69) is 4.90 Å². The quantitative estimate of drug-likeness (QED) is 0.326. The first-order valence-electron chi connectivity index (χ1n) is 6.67. The van der Waals surface area contributed by atoms with E-state index in [-0.39, 0.29) is 17.9 Å². The van der Waals surface area contributed by atoms with Crippen molar-refractivity contribution < 1.29 is 5.11 Å². The lowest BCUT2D eigenvalue weighted by atomic mass is 9.86. The van der Waals surface area contributed by atoms with Gasteiger partial charge in [0.15, 0.2) is 0 Å². The highest BCUT2D eigenvalue weighted by Gasteiger charge is 2.28. The highest BCUT2D eigenvalue weighted by Crippen LogP contribution is 2.27. The predicted molar refractivity (Wildman–Crippen MR) is 71.2 cm³/mol. The number of aliphatic hydroxyl groups excluding tert-OH is 1. The van der Waals surface area contributed by atoms with Crippen molar-refractivity contribution in [1.82, 2.24) is 4.90 Å². The van der Waals surface area contributed by atoms with Crippen molar-refractivity contribution in [3.8, 4) is 0 Å². The molecule has 1 aliphatic rings. The van der Waals surface area contributed by atoms with Crippen LogP contribution in [0.2, 0.25) is 0 Å². The third kappa shape index (κ3) is 5.04. The standard InChI is InChI=1S/C13H27N3O/c1-13(2,12(14)15)7-3-4-8-16(9-10-17)11-5-6-11/h11,17H,3-10H2,1-2H3,(H3,14,15). The van der Waals surface area contributed by atoms with Crippen LogP contribution in [0.25, 0.3) is 0 Å². The van der Waals surface area contributed by atoms with Gasteiger partial charge in [0, 0.05) is 18.0 Å². The van der Waals surface area contributed by atoms with Crippen molar-refractivity contribution in [1.29, 1.82) is 5.41 Å². The van der Waals surface area contributed by atoms with E-state index in [1.54, 1.807) is 0 Å². The number of amidine groups is 1. The van der Waals surface area contributed by atoms with E-state index in [0.29, 0.717) is 0 Å². The van der Waals surface area contributed by atoms with Gasteiger partial charge in [-0.05, 0) is 32.2 Å². The second-order valence-electron chi connectivity index (χ2n) is 5.75. The molecular formula is C13H27N3O. The molecule has 0 amide bonds. The molecule has 1 rings (SSSR count). The van der Waals surface area contributed by atoms with Crippen LogP contribution >= 0.6 is 0 Å². The first-order valence-corrected chi connectivity index (χ1v) is 6.67. The van der Waals surface area contributed by atoms with Crippen molar-refractivity contribution in [3.05, 3.63) is 0 Å². The summed E-state index contributed by atoms with van der Waals surface area (Å²) in [5, 5.41) is 16.5. The van der Waals surface area contributed by atoms with Gasteiger partial charge in [0.05, 0.1) is 12.4 Å². The maximum absolute atomic E-state index is 8.99. The number of nitrogens with two attached hydrogens (primary N) is 1. The van der Waals surface area contributed by atoms with Crippen LogP contribution in [0.5, 0.6) is 0 Å². The Hall–Kier alpha value is -0.610. The zero-order valence-electron chi connectivity index (χ0n) is 11.2. The van der Waals surface area contributed by atoms with Crippen LogP contribution in [0.3, 0.4) is 0 Å². The highest BCUT2D eigenvalue weighted by atomic mass is 16.3. The molecular weight excluding hydrogens is 214 g/mol. The van der Waals surface area contributed by atoms with Crippen molar-refractivity contribution >= 4 is 5.84 Å². The third-order valence-corrected chi connectivity index (χ3v) is 3.68. The minimum absolute atomic E-state index is 0.165. The van der Waals surface area contributed by atoms with Crippen LogP contribution in [0, 0.1) is 10.8 Å². The predicted octanol–water partition coefficient (Wildman–Crippen LogP) is 1.58. The van der Waals surface area contributed by atoms with Gasteiger partial charge in [-0.1, -0.05) is 20.3 Å². The van der Waals surface area contributed by atoms with Gasteiger partial charge in [-0.2, -0.15) is 0 Å². The summed E-state index contributed by atoms with van der Waals surface area (Å²) in [5.74, 6) is 0.284. The minimum atomic E-state index is -0.165. The van der Waals surface area contributed by atoms with Gasteiger partial charge < -0.3 is 10.8 Å². The van der Waals surface area contributed by atoms with Crippen LogP contribution in [-0.4, -0.2) is 41.6 Å². The zero-order valence-corrected chi connectivity index (χ0v) is 11.2. The molecule has 100 valence electrons. The molecule has 1 fully saturated rings. The maximum Gasteiger partial charge on any atom is 0.0963 e. The van der Waals surface area contributed by atoms with E-state index in [1.807, 2.05) is 13.8 Å². The van der Waals surface area contributed by atoms with E-state index in [1.165, 1.54) is 12.8 Å². The fraction of sp³-hybridized carbons (Fsp3) is 0.923. The summed E-state index contributed by atoms with van der Waals surface area (Å²) in [6, 6.07) is 0.725. The molecule has 0 aromatic carbocycles. The Labute approximate surface area is 105 Å². The number of aliphatic hydroxyl groups is 1. The van der Waals surface area contributed by atoms with Crippen LogP contribution in [0.1, 0.15) is 46.0 Å². The molecule has 17 heavy (non-hydrogen) atoms. The Morgan fingerprint density at radius 1 is 1.35 bits per heavy atom. The molecule has 4 heteroatoms.